The summed E-state index contributed by atoms with van der Waals surface area (Å²) >= 11 is 0. The maximum absolute atomic E-state index is 11.8. The van der Waals surface area contributed by atoms with Gasteiger partial charge < -0.3 is 0 Å². The summed E-state index contributed by atoms with van der Waals surface area (Å²) in [5.41, 5.74) is 2.56. The van der Waals surface area contributed by atoms with Gasteiger partial charge in [0.05, 0.1) is 0 Å². The molecule has 0 saturated carbocycles. The molecule has 1 atom stereocenters. The summed E-state index contributed by atoms with van der Waals surface area (Å²) in [5.74, 6) is 0. The van der Waals surface area contributed by atoms with Crippen molar-refractivity contribution < 1.29 is 4.39 Å². The van der Waals surface area contributed by atoms with Crippen LogP contribution in [0.3, 0.4) is 0 Å². The maximum Gasteiger partial charge on any atom is 0.215 e. The van der Waals surface area contributed by atoms with Gasteiger partial charge in [-0.1, -0.05) is 0 Å². The lowest BCUT2D eigenvalue weighted by Crippen LogP contribution is -1.89. The van der Waals surface area contributed by atoms with Gasteiger partial charge in [0, 0.05) is 12.3 Å². The molecule has 0 aromatic carbocycles. The van der Waals surface area contributed by atoms with E-state index in [4.69, 9.17) is 0 Å². The zero-order valence-electron chi connectivity index (χ0n) is 3.63. The Hall–Kier alpha value is -0.880. The summed E-state index contributed by atoms with van der Waals surface area (Å²) in [5, 5.41) is 0. The molecule has 0 bridgehead atoms. The van der Waals surface area contributed by atoms with E-state index in [9.17, 15) is 4.39 Å². The number of alkyl halides is 1. The molecule has 1 rings (SSSR count). The highest BCUT2D eigenvalue weighted by atomic mass is 19.1. The van der Waals surface area contributed by atoms with Gasteiger partial charge in [-0.15, -0.1) is 5.73 Å². The molecular weight excluding hydrogens is 93.1 g/mol. The second-order valence-corrected chi connectivity index (χ2v) is 1.17. The number of aliphatic imine (C=N–C) groups is 1. The molecule has 0 fully saturated rings. The van der Waals surface area contributed by atoms with Gasteiger partial charge in [0.1, 0.15) is 0 Å². The van der Waals surface area contributed by atoms with E-state index >= 15 is 0 Å². The van der Waals surface area contributed by atoms with E-state index in [0.717, 1.165) is 0 Å². The van der Waals surface area contributed by atoms with Crippen molar-refractivity contribution in [1.29, 1.82) is 0 Å². The van der Waals surface area contributed by atoms with Crippen molar-refractivity contribution in [3.8, 4) is 0 Å². The molecule has 1 aliphatic heterocycles. The van der Waals surface area contributed by atoms with Gasteiger partial charge in [0.25, 0.3) is 0 Å². The molecule has 1 unspecified atom stereocenters. The van der Waals surface area contributed by atoms with E-state index < -0.39 is 6.30 Å². The molecule has 0 aromatic rings. The van der Waals surface area contributed by atoms with Crippen LogP contribution in [0.15, 0.2) is 22.9 Å². The average molecular weight is 97.1 g/mol. The van der Waals surface area contributed by atoms with Gasteiger partial charge >= 0.3 is 0 Å². The molecule has 0 aliphatic carbocycles. The Morgan fingerprint density at radius 1 is 1.71 bits per heavy atom. The fourth-order valence-electron chi connectivity index (χ4n) is 0.346. The van der Waals surface area contributed by atoms with Crippen molar-refractivity contribution in [3.63, 3.8) is 0 Å². The van der Waals surface area contributed by atoms with Crippen molar-refractivity contribution in [1.82, 2.24) is 0 Å². The highest BCUT2D eigenvalue weighted by molar-refractivity contribution is 5.71. The zero-order chi connectivity index (χ0) is 5.11. The normalized spacial score (nSPS) is 26.1. The average Bonchev–Trinajstić information content (AvgIpc) is 1.69. The summed E-state index contributed by atoms with van der Waals surface area (Å²) in [4.78, 5) is 3.36. The summed E-state index contributed by atoms with van der Waals surface area (Å²) in [6.45, 7) is 0. The summed E-state index contributed by atoms with van der Waals surface area (Å²) in [7, 11) is 0. The van der Waals surface area contributed by atoms with Gasteiger partial charge in [-0.05, 0) is 6.08 Å². The van der Waals surface area contributed by atoms with Crippen molar-refractivity contribution in [2.75, 3.05) is 0 Å². The first-order valence-corrected chi connectivity index (χ1v) is 1.98. The first-order chi connectivity index (χ1) is 3.39. The topological polar surface area (TPSA) is 12.4 Å². The number of hydrogen-bond donors (Lipinski definition) is 0. The molecular formula is C5H4FN. The molecule has 2 heteroatoms. The second-order valence-electron chi connectivity index (χ2n) is 1.17. The molecule has 1 heterocycles. The quantitative estimate of drug-likeness (QED) is 0.317. The summed E-state index contributed by atoms with van der Waals surface area (Å²) < 4.78 is 11.8. The lowest BCUT2D eigenvalue weighted by atomic mass is 10.4. The predicted octanol–water partition coefficient (Wildman–Crippen LogP) is 1.08. The first-order valence-electron chi connectivity index (χ1n) is 1.98. The number of nitrogens with zero attached hydrogens (tertiary/aromatic N) is 1. The van der Waals surface area contributed by atoms with Crippen LogP contribution >= 0.6 is 0 Å². The van der Waals surface area contributed by atoms with Crippen molar-refractivity contribution in [2.45, 2.75) is 6.30 Å². The Bertz CT molecular complexity index is 142. The number of rotatable bonds is 0. The third-order valence-corrected chi connectivity index (χ3v) is 0.633. The van der Waals surface area contributed by atoms with E-state index in [-0.39, 0.29) is 0 Å². The van der Waals surface area contributed by atoms with Crippen molar-refractivity contribution in [2.24, 2.45) is 4.99 Å². The molecule has 1 aliphatic rings. The molecule has 1 nitrogen and oxygen atoms in total. The van der Waals surface area contributed by atoms with E-state index in [1.54, 1.807) is 6.08 Å². The number of halogens is 1. The van der Waals surface area contributed by atoms with Crippen LogP contribution in [0, 0.1) is 0 Å². The minimum absolute atomic E-state index is 1.16. The standard InChI is InChI=1S/C5H4FN/c6-5-3-1-2-4-7-5/h2-5H. The Morgan fingerprint density at radius 3 is 2.86 bits per heavy atom. The molecule has 0 spiro atoms. The minimum Gasteiger partial charge on any atom is -0.252 e. The molecule has 0 radical (unpaired) electrons. The van der Waals surface area contributed by atoms with Crippen LogP contribution in [0.4, 0.5) is 4.39 Å². The highest BCUT2D eigenvalue weighted by Gasteiger charge is 1.92. The zero-order valence-corrected chi connectivity index (χ0v) is 3.63. The van der Waals surface area contributed by atoms with Crippen LogP contribution in [-0.4, -0.2) is 12.5 Å². The highest BCUT2D eigenvalue weighted by Crippen LogP contribution is 1.94. The van der Waals surface area contributed by atoms with E-state index in [1.165, 1.54) is 12.3 Å². The fraction of sp³-hybridized carbons (Fsp3) is 0.200. The Labute approximate surface area is 40.9 Å². The van der Waals surface area contributed by atoms with Crippen LogP contribution in [0.1, 0.15) is 0 Å². The third-order valence-electron chi connectivity index (χ3n) is 0.633. The van der Waals surface area contributed by atoms with Crippen molar-refractivity contribution >= 4 is 6.21 Å². The minimum atomic E-state index is -1.16. The van der Waals surface area contributed by atoms with Gasteiger partial charge in [-0.2, -0.15) is 0 Å². The second kappa shape index (κ2) is 1.71. The maximum atomic E-state index is 11.8. The largest absolute Gasteiger partial charge is 0.252 e. The molecule has 0 saturated heterocycles. The van der Waals surface area contributed by atoms with Crippen LogP contribution in [0.25, 0.3) is 0 Å². The third kappa shape index (κ3) is 0.983. The van der Waals surface area contributed by atoms with Crippen molar-refractivity contribution in [3.05, 3.63) is 17.9 Å². The lowest BCUT2D eigenvalue weighted by molar-refractivity contribution is 0.416. The van der Waals surface area contributed by atoms with Crippen LogP contribution in [0.5, 0.6) is 0 Å². The first kappa shape index (κ1) is 4.28. The van der Waals surface area contributed by atoms with Crippen LogP contribution in [0.2, 0.25) is 0 Å². The van der Waals surface area contributed by atoms with Gasteiger partial charge in [-0.3, -0.25) is 4.99 Å². The smallest absolute Gasteiger partial charge is 0.215 e. The summed E-state index contributed by atoms with van der Waals surface area (Å²) in [6, 6.07) is 0. The Balaban J connectivity index is 2.77. The molecule has 0 N–H and O–H groups in total. The van der Waals surface area contributed by atoms with E-state index in [1.807, 2.05) is 0 Å². The fourth-order valence-corrected chi connectivity index (χ4v) is 0.346. The monoisotopic (exact) mass is 97.0 g/mol. The SMILES string of the molecule is FC1C=C=CC=N1. The molecule has 0 amide bonds. The Morgan fingerprint density at radius 2 is 2.57 bits per heavy atom. The predicted molar refractivity (Wildman–Crippen MR) is 26.0 cm³/mol. The molecule has 36 valence electrons. The van der Waals surface area contributed by atoms with Gasteiger partial charge in [-0.25, -0.2) is 4.39 Å². The summed E-state index contributed by atoms with van der Waals surface area (Å²) in [6.07, 6.45) is 3.06. The van der Waals surface area contributed by atoms with Crippen LogP contribution < -0.4 is 0 Å². The molecule has 0 aromatic heterocycles. The molecule has 7 heavy (non-hydrogen) atoms. The van der Waals surface area contributed by atoms with Gasteiger partial charge in [0.15, 0.2) is 0 Å². The Kier molecular flexibility index (Phi) is 1.05. The van der Waals surface area contributed by atoms with E-state index in [2.05, 4.69) is 10.7 Å². The van der Waals surface area contributed by atoms with E-state index in [0.29, 0.717) is 0 Å². The van der Waals surface area contributed by atoms with Crippen LogP contribution in [-0.2, 0) is 0 Å². The van der Waals surface area contributed by atoms with Gasteiger partial charge in [0.2, 0.25) is 6.30 Å². The lowest BCUT2D eigenvalue weighted by Gasteiger charge is -1.90. The number of hydrogen-bond acceptors (Lipinski definition) is 1.